The van der Waals surface area contributed by atoms with Gasteiger partial charge >= 0.3 is 0 Å². The summed E-state index contributed by atoms with van der Waals surface area (Å²) in [6.45, 7) is 3.24. The lowest BCUT2D eigenvalue weighted by atomic mass is 10.1. The van der Waals surface area contributed by atoms with Crippen molar-refractivity contribution in [1.29, 1.82) is 0 Å². The number of pyridine rings is 1. The number of aryl methyl sites for hydroxylation is 1. The second-order valence-electron chi connectivity index (χ2n) is 7.54. The van der Waals surface area contributed by atoms with Gasteiger partial charge in [-0.1, -0.05) is 6.07 Å². The standard InChI is InChI=1S/C23H22N4O3/c1-15-5-6-16(12-20(15)29-2)23(28)26-10-7-18(13-26)27-21(17-8-11-30-14-17)25-19-4-3-9-24-22(19)27/h3-6,8-9,11-12,14,18H,7,10,13H2,1-2H3/t18-/m0/s1. The van der Waals surface area contributed by atoms with E-state index in [1.54, 1.807) is 25.8 Å². The van der Waals surface area contributed by atoms with Gasteiger partial charge in [0.1, 0.15) is 23.4 Å². The summed E-state index contributed by atoms with van der Waals surface area (Å²) < 4.78 is 12.8. The van der Waals surface area contributed by atoms with Crippen molar-refractivity contribution in [3.05, 3.63) is 66.2 Å². The van der Waals surface area contributed by atoms with Gasteiger partial charge in [0.2, 0.25) is 0 Å². The molecular formula is C23H22N4O3. The monoisotopic (exact) mass is 402 g/mol. The number of nitrogens with zero attached hydrogens (tertiary/aromatic N) is 4. The third-order valence-corrected chi connectivity index (χ3v) is 5.70. The molecule has 0 spiro atoms. The van der Waals surface area contributed by atoms with Crippen LogP contribution in [0.1, 0.15) is 28.4 Å². The highest BCUT2D eigenvalue weighted by molar-refractivity contribution is 5.95. The number of fused-ring (bicyclic) bond motifs is 1. The number of methoxy groups -OCH3 is 1. The molecule has 30 heavy (non-hydrogen) atoms. The highest BCUT2D eigenvalue weighted by Gasteiger charge is 2.31. The summed E-state index contributed by atoms with van der Waals surface area (Å²) in [7, 11) is 1.62. The van der Waals surface area contributed by atoms with E-state index in [1.165, 1.54) is 0 Å². The van der Waals surface area contributed by atoms with Crippen LogP contribution in [0.3, 0.4) is 0 Å². The topological polar surface area (TPSA) is 73.4 Å². The lowest BCUT2D eigenvalue weighted by Crippen LogP contribution is -2.29. The largest absolute Gasteiger partial charge is 0.496 e. The van der Waals surface area contributed by atoms with Gasteiger partial charge in [0.05, 0.1) is 25.0 Å². The molecule has 0 saturated carbocycles. The molecule has 4 aromatic rings. The molecule has 0 N–H and O–H groups in total. The number of amides is 1. The zero-order chi connectivity index (χ0) is 20.7. The van der Waals surface area contributed by atoms with Gasteiger partial charge in [0.15, 0.2) is 5.65 Å². The maximum absolute atomic E-state index is 13.1. The summed E-state index contributed by atoms with van der Waals surface area (Å²) in [6.07, 6.45) is 5.94. The van der Waals surface area contributed by atoms with Gasteiger partial charge in [0, 0.05) is 24.8 Å². The summed E-state index contributed by atoms with van der Waals surface area (Å²) in [4.78, 5) is 24.4. The van der Waals surface area contributed by atoms with E-state index in [9.17, 15) is 4.79 Å². The number of carbonyl (C=O) groups excluding carboxylic acids is 1. The number of imidazole rings is 1. The lowest BCUT2D eigenvalue weighted by Gasteiger charge is -2.19. The van der Waals surface area contributed by atoms with Crippen molar-refractivity contribution in [2.24, 2.45) is 0 Å². The van der Waals surface area contributed by atoms with Crippen molar-refractivity contribution in [3.8, 4) is 17.1 Å². The lowest BCUT2D eigenvalue weighted by molar-refractivity contribution is 0.0787. The number of rotatable bonds is 4. The molecular weight excluding hydrogens is 380 g/mol. The predicted octanol–water partition coefficient (Wildman–Crippen LogP) is 4.10. The van der Waals surface area contributed by atoms with Crippen LogP contribution in [0.4, 0.5) is 0 Å². The zero-order valence-corrected chi connectivity index (χ0v) is 16.9. The molecule has 1 aliphatic rings. The number of carbonyl (C=O) groups is 1. The molecule has 4 heterocycles. The van der Waals surface area contributed by atoms with Crippen LogP contribution in [0.5, 0.6) is 5.75 Å². The van der Waals surface area contributed by atoms with E-state index < -0.39 is 0 Å². The Hall–Kier alpha value is -3.61. The first kappa shape index (κ1) is 18.4. The van der Waals surface area contributed by atoms with E-state index in [1.807, 2.05) is 48.2 Å². The molecule has 7 heteroatoms. The van der Waals surface area contributed by atoms with Crippen LogP contribution < -0.4 is 4.74 Å². The molecule has 5 rings (SSSR count). The Labute approximate surface area is 173 Å². The SMILES string of the molecule is COc1cc(C(=O)N2CC[C@H](n3c(-c4ccoc4)nc4cccnc43)C2)ccc1C. The fraction of sp³-hybridized carbons (Fsp3) is 0.261. The Balaban J connectivity index is 1.47. The van der Waals surface area contributed by atoms with Crippen molar-refractivity contribution in [1.82, 2.24) is 19.4 Å². The summed E-state index contributed by atoms with van der Waals surface area (Å²) in [5, 5.41) is 0. The van der Waals surface area contributed by atoms with Crippen LogP contribution in [0.2, 0.25) is 0 Å². The summed E-state index contributed by atoms with van der Waals surface area (Å²) in [6, 6.07) is 11.4. The minimum Gasteiger partial charge on any atom is -0.496 e. The number of likely N-dealkylation sites (tertiary alicyclic amines) is 1. The fourth-order valence-electron chi connectivity index (χ4n) is 4.14. The molecule has 3 aromatic heterocycles. The van der Waals surface area contributed by atoms with E-state index in [2.05, 4.69) is 9.55 Å². The average Bonchev–Trinajstić information content (AvgIpc) is 3.52. The summed E-state index contributed by atoms with van der Waals surface area (Å²) >= 11 is 0. The maximum atomic E-state index is 13.1. The Kier molecular flexibility index (Phi) is 4.50. The second-order valence-corrected chi connectivity index (χ2v) is 7.54. The third kappa shape index (κ3) is 3.03. The van der Waals surface area contributed by atoms with E-state index >= 15 is 0 Å². The van der Waals surface area contributed by atoms with Crippen LogP contribution in [0.15, 0.2) is 59.5 Å². The van der Waals surface area contributed by atoms with Crippen LogP contribution in [-0.2, 0) is 0 Å². The molecule has 0 radical (unpaired) electrons. The van der Waals surface area contributed by atoms with Crippen LogP contribution >= 0.6 is 0 Å². The summed E-state index contributed by atoms with van der Waals surface area (Å²) in [5.41, 5.74) is 4.21. The first-order valence-electron chi connectivity index (χ1n) is 9.95. The molecule has 1 aliphatic heterocycles. The van der Waals surface area contributed by atoms with Gasteiger partial charge < -0.3 is 18.6 Å². The van der Waals surface area contributed by atoms with Crippen LogP contribution in [0, 0.1) is 6.92 Å². The molecule has 0 aliphatic carbocycles. The quantitative estimate of drug-likeness (QED) is 0.514. The Morgan fingerprint density at radius 2 is 2.17 bits per heavy atom. The number of ether oxygens (including phenoxy) is 1. The number of furan rings is 1. The van der Waals surface area contributed by atoms with Gasteiger partial charge in [-0.25, -0.2) is 9.97 Å². The number of hydrogen-bond donors (Lipinski definition) is 0. The van der Waals surface area contributed by atoms with E-state index in [4.69, 9.17) is 14.1 Å². The van der Waals surface area contributed by atoms with Crippen molar-refractivity contribution < 1.29 is 13.9 Å². The first-order chi connectivity index (χ1) is 14.7. The number of hydrogen-bond acceptors (Lipinski definition) is 5. The second kappa shape index (κ2) is 7.33. The Morgan fingerprint density at radius 3 is 2.97 bits per heavy atom. The van der Waals surface area contributed by atoms with Crippen molar-refractivity contribution in [2.45, 2.75) is 19.4 Å². The van der Waals surface area contributed by atoms with E-state index in [0.717, 1.165) is 40.3 Å². The fourth-order valence-corrected chi connectivity index (χ4v) is 4.14. The van der Waals surface area contributed by atoms with Crippen molar-refractivity contribution >= 4 is 17.1 Å². The first-order valence-corrected chi connectivity index (χ1v) is 9.95. The van der Waals surface area contributed by atoms with Gasteiger partial charge in [-0.15, -0.1) is 0 Å². The van der Waals surface area contributed by atoms with Gasteiger partial charge in [-0.05, 0) is 49.2 Å². The molecule has 1 amide bonds. The molecule has 1 saturated heterocycles. The highest BCUT2D eigenvalue weighted by Crippen LogP contribution is 2.33. The summed E-state index contributed by atoms with van der Waals surface area (Å²) in [5.74, 6) is 1.55. The number of benzene rings is 1. The van der Waals surface area contributed by atoms with Crippen LogP contribution in [-0.4, -0.2) is 45.5 Å². The molecule has 7 nitrogen and oxygen atoms in total. The third-order valence-electron chi connectivity index (χ3n) is 5.70. The maximum Gasteiger partial charge on any atom is 0.254 e. The molecule has 1 fully saturated rings. The molecule has 0 bridgehead atoms. The van der Waals surface area contributed by atoms with Crippen LogP contribution in [0.25, 0.3) is 22.6 Å². The molecule has 0 unspecified atom stereocenters. The predicted molar refractivity (Wildman–Crippen MR) is 113 cm³/mol. The van der Waals surface area contributed by atoms with E-state index in [0.29, 0.717) is 18.7 Å². The van der Waals surface area contributed by atoms with Gasteiger partial charge in [-0.2, -0.15) is 0 Å². The minimum atomic E-state index is 0.0121. The molecule has 152 valence electrons. The van der Waals surface area contributed by atoms with Crippen molar-refractivity contribution in [3.63, 3.8) is 0 Å². The average molecular weight is 402 g/mol. The number of aromatic nitrogens is 3. The molecule has 1 aromatic carbocycles. The normalized spacial score (nSPS) is 16.3. The molecule has 1 atom stereocenters. The van der Waals surface area contributed by atoms with Gasteiger partial charge in [-0.3, -0.25) is 4.79 Å². The van der Waals surface area contributed by atoms with E-state index in [-0.39, 0.29) is 11.9 Å². The highest BCUT2D eigenvalue weighted by atomic mass is 16.5. The Morgan fingerprint density at radius 1 is 1.27 bits per heavy atom. The van der Waals surface area contributed by atoms with Gasteiger partial charge in [0.25, 0.3) is 5.91 Å². The minimum absolute atomic E-state index is 0.0121. The Bertz CT molecular complexity index is 1210. The zero-order valence-electron chi connectivity index (χ0n) is 16.9. The van der Waals surface area contributed by atoms with Crippen molar-refractivity contribution in [2.75, 3.05) is 20.2 Å². The smallest absolute Gasteiger partial charge is 0.254 e.